The van der Waals surface area contributed by atoms with E-state index in [1.165, 1.54) is 12.0 Å². The number of benzene rings is 1. The molecule has 0 heterocycles. The Bertz CT molecular complexity index is 449. The summed E-state index contributed by atoms with van der Waals surface area (Å²) in [5.74, 6) is 0.0413. The van der Waals surface area contributed by atoms with Crippen LogP contribution in [0.2, 0.25) is 0 Å². The van der Waals surface area contributed by atoms with E-state index in [9.17, 15) is 4.79 Å². The highest BCUT2D eigenvalue weighted by Gasteiger charge is 2.37. The van der Waals surface area contributed by atoms with E-state index in [1.807, 2.05) is 12.1 Å². The predicted octanol–water partition coefficient (Wildman–Crippen LogP) is 4.03. The van der Waals surface area contributed by atoms with E-state index < -0.39 is 0 Å². The van der Waals surface area contributed by atoms with Gasteiger partial charge < -0.3 is 5.32 Å². The van der Waals surface area contributed by atoms with Crippen LogP contribution in [0, 0.1) is 0 Å². The molecule has 0 atom stereocenters. The summed E-state index contributed by atoms with van der Waals surface area (Å²) in [6.07, 6.45) is 3.35. The molecule has 0 saturated heterocycles. The van der Waals surface area contributed by atoms with Crippen molar-refractivity contribution in [1.82, 2.24) is 5.32 Å². The highest BCUT2D eigenvalue weighted by molar-refractivity contribution is 9.09. The van der Waals surface area contributed by atoms with Gasteiger partial charge in [0.05, 0.1) is 5.54 Å². The van der Waals surface area contributed by atoms with Gasteiger partial charge in [0.1, 0.15) is 0 Å². The van der Waals surface area contributed by atoms with Gasteiger partial charge >= 0.3 is 0 Å². The molecule has 0 aliphatic heterocycles. The van der Waals surface area contributed by atoms with E-state index in [0.29, 0.717) is 0 Å². The predicted molar refractivity (Wildman–Crippen MR) is 83.0 cm³/mol. The third kappa shape index (κ3) is 3.19. The average Bonchev–Trinajstić information content (AvgIpc) is 2.32. The van der Waals surface area contributed by atoms with Gasteiger partial charge in [-0.15, -0.1) is 0 Å². The topological polar surface area (TPSA) is 29.1 Å². The highest BCUT2D eigenvalue weighted by atomic mass is 79.9. The maximum Gasteiger partial charge on any atom is 0.251 e. The SMILES string of the molecule is CC(C)(C)c1ccc(C(=O)NC2(CBr)CCC2)cc1. The van der Waals surface area contributed by atoms with Crippen LogP contribution in [0.5, 0.6) is 0 Å². The quantitative estimate of drug-likeness (QED) is 0.836. The number of amides is 1. The van der Waals surface area contributed by atoms with Gasteiger partial charge in [0.15, 0.2) is 0 Å². The summed E-state index contributed by atoms with van der Waals surface area (Å²) in [7, 11) is 0. The van der Waals surface area contributed by atoms with E-state index in [2.05, 4.69) is 54.2 Å². The monoisotopic (exact) mass is 323 g/mol. The Morgan fingerprint density at radius 3 is 2.21 bits per heavy atom. The number of halogens is 1. The molecule has 1 saturated carbocycles. The van der Waals surface area contributed by atoms with Gasteiger partial charge in [-0.2, -0.15) is 0 Å². The van der Waals surface area contributed by atoms with Crippen LogP contribution in [-0.2, 0) is 5.41 Å². The van der Waals surface area contributed by atoms with Crippen molar-refractivity contribution >= 4 is 21.8 Å². The molecular weight excluding hydrogens is 302 g/mol. The first-order valence-corrected chi connectivity index (χ1v) is 7.97. The third-order valence-electron chi connectivity index (χ3n) is 3.96. The molecule has 0 aromatic heterocycles. The Hall–Kier alpha value is -0.830. The maximum atomic E-state index is 12.2. The molecular formula is C16H22BrNO. The van der Waals surface area contributed by atoms with E-state index in [0.717, 1.165) is 23.7 Å². The van der Waals surface area contributed by atoms with Gasteiger partial charge in [0.2, 0.25) is 0 Å². The molecule has 1 amide bonds. The molecule has 0 radical (unpaired) electrons. The molecule has 1 N–H and O–H groups in total. The third-order valence-corrected chi connectivity index (χ3v) is 5.03. The van der Waals surface area contributed by atoms with E-state index >= 15 is 0 Å². The van der Waals surface area contributed by atoms with Crippen molar-refractivity contribution in [2.75, 3.05) is 5.33 Å². The second-order valence-electron chi connectivity index (χ2n) is 6.55. The molecule has 1 fully saturated rings. The Balaban J connectivity index is 2.08. The molecule has 2 rings (SSSR count). The largest absolute Gasteiger partial charge is 0.346 e. The summed E-state index contributed by atoms with van der Waals surface area (Å²) in [6, 6.07) is 7.96. The van der Waals surface area contributed by atoms with Crippen molar-refractivity contribution in [2.24, 2.45) is 0 Å². The minimum Gasteiger partial charge on any atom is -0.346 e. The molecule has 0 bridgehead atoms. The smallest absolute Gasteiger partial charge is 0.251 e. The van der Waals surface area contributed by atoms with Crippen molar-refractivity contribution in [3.05, 3.63) is 35.4 Å². The van der Waals surface area contributed by atoms with Crippen molar-refractivity contribution < 1.29 is 4.79 Å². The average molecular weight is 324 g/mol. The Kier molecular flexibility index (Phi) is 4.05. The lowest BCUT2D eigenvalue weighted by atomic mass is 9.78. The molecule has 2 nitrogen and oxygen atoms in total. The van der Waals surface area contributed by atoms with E-state index in [1.54, 1.807) is 0 Å². The van der Waals surface area contributed by atoms with Crippen LogP contribution in [0.4, 0.5) is 0 Å². The fourth-order valence-corrected chi connectivity index (χ4v) is 3.03. The molecule has 1 aromatic carbocycles. The fraction of sp³-hybridized carbons (Fsp3) is 0.562. The minimum atomic E-state index is -0.0141. The lowest BCUT2D eigenvalue weighted by Gasteiger charge is -2.41. The number of carbonyl (C=O) groups excluding carboxylic acids is 1. The molecule has 104 valence electrons. The molecule has 3 heteroatoms. The first-order chi connectivity index (χ1) is 8.86. The molecule has 1 aromatic rings. The lowest BCUT2D eigenvalue weighted by molar-refractivity contribution is 0.0856. The first-order valence-electron chi connectivity index (χ1n) is 6.85. The zero-order valence-electron chi connectivity index (χ0n) is 11.9. The van der Waals surface area contributed by atoms with E-state index in [-0.39, 0.29) is 16.9 Å². The molecule has 19 heavy (non-hydrogen) atoms. The van der Waals surface area contributed by atoms with Crippen molar-refractivity contribution in [1.29, 1.82) is 0 Å². The lowest BCUT2D eigenvalue weighted by Crippen LogP contribution is -2.54. The summed E-state index contributed by atoms with van der Waals surface area (Å²) < 4.78 is 0. The summed E-state index contributed by atoms with van der Waals surface area (Å²) in [6.45, 7) is 6.53. The van der Waals surface area contributed by atoms with Gasteiger partial charge in [0.25, 0.3) is 5.91 Å². The number of nitrogens with one attached hydrogen (secondary N) is 1. The van der Waals surface area contributed by atoms with Crippen LogP contribution in [0.3, 0.4) is 0 Å². The number of rotatable bonds is 3. The first kappa shape index (κ1) is 14.6. The van der Waals surface area contributed by atoms with Crippen LogP contribution in [0.25, 0.3) is 0 Å². The van der Waals surface area contributed by atoms with Gasteiger partial charge in [-0.25, -0.2) is 0 Å². The van der Waals surface area contributed by atoms with Crippen LogP contribution < -0.4 is 5.32 Å². The number of carbonyl (C=O) groups is 1. The molecule has 1 aliphatic rings. The number of hydrogen-bond acceptors (Lipinski definition) is 1. The number of alkyl halides is 1. The summed E-state index contributed by atoms with van der Waals surface area (Å²) in [5, 5.41) is 4.01. The number of hydrogen-bond donors (Lipinski definition) is 1. The Labute approximate surface area is 124 Å². The minimum absolute atomic E-state index is 0.0141. The van der Waals surface area contributed by atoms with Crippen molar-refractivity contribution in [3.8, 4) is 0 Å². The normalized spacial score (nSPS) is 17.7. The summed E-state index contributed by atoms with van der Waals surface area (Å²) in [4.78, 5) is 12.2. The van der Waals surface area contributed by atoms with Crippen LogP contribution in [-0.4, -0.2) is 16.8 Å². The fourth-order valence-electron chi connectivity index (χ4n) is 2.33. The zero-order valence-corrected chi connectivity index (χ0v) is 13.5. The van der Waals surface area contributed by atoms with Crippen LogP contribution >= 0.6 is 15.9 Å². The standard InChI is InChI=1S/C16H22BrNO/c1-15(2,3)13-7-5-12(6-8-13)14(19)18-16(11-17)9-4-10-16/h5-8H,4,9-11H2,1-3H3,(H,18,19). The van der Waals surface area contributed by atoms with Crippen molar-refractivity contribution in [3.63, 3.8) is 0 Å². The molecule has 1 aliphatic carbocycles. The van der Waals surface area contributed by atoms with Crippen LogP contribution in [0.1, 0.15) is 56.0 Å². The van der Waals surface area contributed by atoms with Gasteiger partial charge in [0, 0.05) is 10.9 Å². The maximum absolute atomic E-state index is 12.2. The molecule has 0 unspecified atom stereocenters. The van der Waals surface area contributed by atoms with Gasteiger partial charge in [-0.1, -0.05) is 48.8 Å². The summed E-state index contributed by atoms with van der Waals surface area (Å²) in [5.41, 5.74) is 2.11. The second kappa shape index (κ2) is 5.28. The summed E-state index contributed by atoms with van der Waals surface area (Å²) >= 11 is 3.51. The van der Waals surface area contributed by atoms with Crippen molar-refractivity contribution in [2.45, 2.75) is 51.0 Å². The highest BCUT2D eigenvalue weighted by Crippen LogP contribution is 2.33. The second-order valence-corrected chi connectivity index (χ2v) is 7.11. The van der Waals surface area contributed by atoms with Gasteiger partial charge in [-0.05, 0) is 42.4 Å². The van der Waals surface area contributed by atoms with E-state index in [4.69, 9.17) is 0 Å². The Morgan fingerprint density at radius 2 is 1.84 bits per heavy atom. The Morgan fingerprint density at radius 1 is 1.26 bits per heavy atom. The van der Waals surface area contributed by atoms with Gasteiger partial charge in [-0.3, -0.25) is 4.79 Å². The molecule has 0 spiro atoms. The zero-order chi connectivity index (χ0) is 14.1. The van der Waals surface area contributed by atoms with Crippen LogP contribution in [0.15, 0.2) is 24.3 Å².